The van der Waals surface area contributed by atoms with Gasteiger partial charge >= 0.3 is 0 Å². The monoisotopic (exact) mass is 477 g/mol. The highest BCUT2D eigenvalue weighted by atomic mass is 32.1. The molecule has 33 heavy (non-hydrogen) atoms. The first kappa shape index (κ1) is 23.4. The van der Waals surface area contributed by atoms with E-state index in [1.807, 2.05) is 6.92 Å². The molecule has 0 radical (unpaired) electrons. The number of thiazole rings is 1. The second-order valence-corrected chi connectivity index (χ2v) is 8.82. The van der Waals surface area contributed by atoms with Crippen molar-refractivity contribution in [1.82, 2.24) is 15.2 Å². The summed E-state index contributed by atoms with van der Waals surface area (Å²) >= 11 is 0.987. The zero-order valence-corrected chi connectivity index (χ0v) is 19.2. The van der Waals surface area contributed by atoms with E-state index in [0.29, 0.717) is 29.9 Å². The van der Waals surface area contributed by atoms with Crippen LogP contribution in [0.25, 0.3) is 10.6 Å². The van der Waals surface area contributed by atoms with Gasteiger partial charge in [0.25, 0.3) is 5.91 Å². The number of aromatic amines is 1. The Balaban J connectivity index is 1.56. The predicted molar refractivity (Wildman–Crippen MR) is 120 cm³/mol. The fraction of sp³-hybridized carbons (Fsp3) is 0.409. The number of ether oxygens (including phenoxy) is 2. The zero-order valence-electron chi connectivity index (χ0n) is 18.4. The van der Waals surface area contributed by atoms with Crippen molar-refractivity contribution in [2.24, 2.45) is 5.73 Å². The highest BCUT2D eigenvalue weighted by molar-refractivity contribution is 7.13. The summed E-state index contributed by atoms with van der Waals surface area (Å²) in [4.78, 5) is 17.1. The first-order chi connectivity index (χ1) is 15.8. The molecule has 0 aliphatic carbocycles. The number of carbonyl (C=O) groups is 1. The van der Waals surface area contributed by atoms with Gasteiger partial charge in [-0.05, 0) is 38.8 Å². The fourth-order valence-corrected chi connectivity index (χ4v) is 4.90. The first-order valence-corrected chi connectivity index (χ1v) is 11.4. The van der Waals surface area contributed by atoms with Crippen molar-refractivity contribution >= 4 is 22.9 Å². The minimum atomic E-state index is -0.739. The Kier molecular flexibility index (Phi) is 6.84. The van der Waals surface area contributed by atoms with E-state index in [0.717, 1.165) is 23.5 Å². The molecule has 4 N–H and O–H groups in total. The van der Waals surface area contributed by atoms with Crippen molar-refractivity contribution in [2.75, 3.05) is 12.4 Å². The lowest BCUT2D eigenvalue weighted by Gasteiger charge is -2.26. The van der Waals surface area contributed by atoms with E-state index >= 15 is 0 Å². The van der Waals surface area contributed by atoms with Crippen molar-refractivity contribution in [3.8, 4) is 10.6 Å². The van der Waals surface area contributed by atoms with E-state index in [9.17, 15) is 13.6 Å². The Morgan fingerprint density at radius 1 is 1.33 bits per heavy atom. The van der Waals surface area contributed by atoms with E-state index < -0.39 is 17.5 Å². The van der Waals surface area contributed by atoms with Crippen LogP contribution in [-0.4, -0.2) is 46.4 Å². The van der Waals surface area contributed by atoms with Crippen molar-refractivity contribution in [3.63, 3.8) is 0 Å². The van der Waals surface area contributed by atoms with Gasteiger partial charge in [-0.2, -0.15) is 5.10 Å². The standard InChI is InChI=1S/C22H25F2N5O3S/c1-10-18(19(29-28-10)16-8-7-14(25)20(31-3)11(2)32-16)27-21(30)15-9-33-22(26-15)17-12(23)5-4-6-13(17)24/h4-6,9,11,14,16,20H,7-8,25H2,1-3H3,(H,27,30)(H,28,29)/t11-,14+,16-,20+/m0/s1. The van der Waals surface area contributed by atoms with Crippen molar-refractivity contribution < 1.29 is 23.0 Å². The number of nitrogens with zero attached hydrogens (tertiary/aromatic N) is 2. The van der Waals surface area contributed by atoms with E-state index in [1.165, 1.54) is 11.4 Å². The Morgan fingerprint density at radius 3 is 2.76 bits per heavy atom. The number of hydrogen-bond donors (Lipinski definition) is 3. The highest BCUT2D eigenvalue weighted by Crippen LogP contribution is 2.35. The van der Waals surface area contributed by atoms with Crippen LogP contribution in [-0.2, 0) is 9.47 Å². The van der Waals surface area contributed by atoms with Gasteiger partial charge in [-0.25, -0.2) is 13.8 Å². The third-order valence-corrected chi connectivity index (χ3v) is 6.61. The number of halogens is 2. The minimum Gasteiger partial charge on any atom is -0.377 e. The molecule has 1 aromatic carbocycles. The topological polar surface area (TPSA) is 115 Å². The lowest BCUT2D eigenvalue weighted by molar-refractivity contribution is -0.0750. The van der Waals surface area contributed by atoms with Gasteiger partial charge in [0, 0.05) is 18.5 Å². The van der Waals surface area contributed by atoms with Gasteiger partial charge in [-0.15, -0.1) is 11.3 Å². The average molecular weight is 478 g/mol. The Morgan fingerprint density at radius 2 is 2.06 bits per heavy atom. The first-order valence-electron chi connectivity index (χ1n) is 10.5. The van der Waals surface area contributed by atoms with Crippen LogP contribution >= 0.6 is 11.3 Å². The number of carbonyl (C=O) groups excluding carboxylic acids is 1. The molecule has 3 heterocycles. The number of amides is 1. The molecule has 1 saturated heterocycles. The molecular formula is C22H25F2N5O3S. The van der Waals surface area contributed by atoms with E-state index in [4.69, 9.17) is 15.2 Å². The third-order valence-electron chi connectivity index (χ3n) is 5.75. The molecule has 4 rings (SSSR count). The summed E-state index contributed by atoms with van der Waals surface area (Å²) in [5, 5.41) is 11.5. The maximum atomic E-state index is 14.1. The number of methoxy groups -OCH3 is 1. The SMILES string of the molecule is CO[C@H]1[C@H](N)CC[C@@H](c2[nH]nc(C)c2NC(=O)c2csc(-c3c(F)cccc3F)n2)O[C@H]1C. The number of hydrogen-bond acceptors (Lipinski definition) is 7. The van der Waals surface area contributed by atoms with Crippen LogP contribution in [0.1, 0.15) is 47.7 Å². The average Bonchev–Trinajstić information content (AvgIpc) is 3.36. The number of anilines is 1. The zero-order chi connectivity index (χ0) is 23.7. The molecular weight excluding hydrogens is 452 g/mol. The molecule has 1 fully saturated rings. The summed E-state index contributed by atoms with van der Waals surface area (Å²) < 4.78 is 39.8. The van der Waals surface area contributed by atoms with Crippen molar-refractivity contribution in [3.05, 3.63) is 52.3 Å². The number of aryl methyl sites for hydroxylation is 1. The smallest absolute Gasteiger partial charge is 0.275 e. The number of rotatable bonds is 5. The summed E-state index contributed by atoms with van der Waals surface area (Å²) in [5.41, 5.74) is 7.68. The quantitative estimate of drug-likeness (QED) is 0.513. The molecule has 0 spiro atoms. The molecule has 176 valence electrons. The van der Waals surface area contributed by atoms with Gasteiger partial charge in [-0.3, -0.25) is 9.89 Å². The summed E-state index contributed by atoms with van der Waals surface area (Å²) in [6, 6.07) is 3.39. The molecule has 0 bridgehead atoms. The number of benzene rings is 1. The maximum Gasteiger partial charge on any atom is 0.275 e. The summed E-state index contributed by atoms with van der Waals surface area (Å²) in [6.45, 7) is 3.65. The van der Waals surface area contributed by atoms with Crippen LogP contribution in [0.5, 0.6) is 0 Å². The van der Waals surface area contributed by atoms with Gasteiger partial charge in [0.1, 0.15) is 28.4 Å². The fourth-order valence-electron chi connectivity index (χ4n) is 4.05. The number of nitrogens with two attached hydrogens (primary N) is 1. The van der Waals surface area contributed by atoms with Crippen LogP contribution in [0.2, 0.25) is 0 Å². The van der Waals surface area contributed by atoms with E-state index in [-0.39, 0.29) is 40.6 Å². The van der Waals surface area contributed by atoms with Crippen LogP contribution in [0.15, 0.2) is 23.6 Å². The molecule has 1 aliphatic rings. The lowest BCUT2D eigenvalue weighted by atomic mass is 10.0. The number of aromatic nitrogens is 3. The second-order valence-electron chi connectivity index (χ2n) is 7.96. The Labute approximate surface area is 193 Å². The van der Waals surface area contributed by atoms with Gasteiger partial charge in [0.05, 0.1) is 34.8 Å². The molecule has 1 aliphatic heterocycles. The third kappa shape index (κ3) is 4.67. The molecule has 1 amide bonds. The van der Waals surface area contributed by atoms with Gasteiger partial charge in [-0.1, -0.05) is 6.07 Å². The molecule has 0 unspecified atom stereocenters. The summed E-state index contributed by atoms with van der Waals surface area (Å²) in [6.07, 6.45) is 0.401. The summed E-state index contributed by atoms with van der Waals surface area (Å²) in [7, 11) is 1.60. The number of H-pyrrole nitrogens is 1. The van der Waals surface area contributed by atoms with Crippen molar-refractivity contribution in [1.29, 1.82) is 0 Å². The molecule has 0 saturated carbocycles. The molecule has 4 atom stereocenters. The largest absolute Gasteiger partial charge is 0.377 e. The van der Waals surface area contributed by atoms with Gasteiger partial charge in [0.2, 0.25) is 0 Å². The van der Waals surface area contributed by atoms with Crippen LogP contribution in [0.4, 0.5) is 14.5 Å². The van der Waals surface area contributed by atoms with Gasteiger partial charge < -0.3 is 20.5 Å². The predicted octanol–water partition coefficient (Wildman–Crippen LogP) is 3.95. The Hall–Kier alpha value is -2.73. The maximum absolute atomic E-state index is 14.1. The van der Waals surface area contributed by atoms with Crippen LogP contribution in [0, 0.1) is 18.6 Å². The summed E-state index contributed by atoms with van der Waals surface area (Å²) in [5.74, 6) is -2.00. The van der Waals surface area contributed by atoms with Gasteiger partial charge in [0.15, 0.2) is 0 Å². The van der Waals surface area contributed by atoms with E-state index in [1.54, 1.807) is 14.0 Å². The van der Waals surface area contributed by atoms with Crippen LogP contribution < -0.4 is 11.1 Å². The molecule has 11 heteroatoms. The second kappa shape index (κ2) is 9.64. The van der Waals surface area contributed by atoms with E-state index in [2.05, 4.69) is 20.5 Å². The van der Waals surface area contributed by atoms with Crippen LogP contribution in [0.3, 0.4) is 0 Å². The Bertz CT molecular complexity index is 1130. The molecule has 3 aromatic rings. The molecule has 8 nitrogen and oxygen atoms in total. The highest BCUT2D eigenvalue weighted by Gasteiger charge is 2.34. The number of nitrogens with one attached hydrogen (secondary N) is 2. The van der Waals surface area contributed by atoms with Crippen molar-refractivity contribution in [2.45, 2.75) is 51.0 Å². The molecule has 2 aromatic heterocycles. The minimum absolute atomic E-state index is 0.0424. The lowest BCUT2D eigenvalue weighted by Crippen LogP contribution is -2.42. The normalized spacial score (nSPS) is 23.3.